The number of anilines is 1. The molecule has 2 aliphatic rings. The third kappa shape index (κ3) is 5.03. The Bertz CT molecular complexity index is 588. The first-order valence-corrected chi connectivity index (χ1v) is 9.08. The Morgan fingerprint density at radius 3 is 2.48 bits per heavy atom. The smallest absolute Gasteiger partial charge is 0.234 e. The quantitative estimate of drug-likeness (QED) is 0.788. The molecule has 3 rings (SSSR count). The second-order valence-corrected chi connectivity index (χ2v) is 6.81. The summed E-state index contributed by atoms with van der Waals surface area (Å²) in [7, 11) is 0. The summed E-state index contributed by atoms with van der Waals surface area (Å²) in [5.74, 6) is 0.167. The molecule has 0 bridgehead atoms. The topological polar surface area (TPSA) is 61.9 Å². The second kappa shape index (κ2) is 8.45. The lowest BCUT2D eigenvalue weighted by atomic mass is 10.1. The maximum Gasteiger partial charge on any atom is 0.234 e. The number of rotatable bonds is 6. The van der Waals surface area contributed by atoms with Gasteiger partial charge in [-0.25, -0.2) is 0 Å². The molecule has 1 atom stereocenters. The van der Waals surface area contributed by atoms with Crippen LogP contribution in [0.3, 0.4) is 0 Å². The van der Waals surface area contributed by atoms with Crippen LogP contribution in [0.25, 0.3) is 0 Å². The van der Waals surface area contributed by atoms with Crippen LogP contribution in [0.4, 0.5) is 5.69 Å². The summed E-state index contributed by atoms with van der Waals surface area (Å²) in [4.78, 5) is 27.9. The number of nitrogens with zero attached hydrogens (tertiary/aromatic N) is 2. The largest absolute Gasteiger partial charge is 0.376 e. The summed E-state index contributed by atoms with van der Waals surface area (Å²) in [5.41, 5.74) is 1.87. The number of amides is 1. The van der Waals surface area contributed by atoms with Crippen molar-refractivity contribution >= 4 is 17.4 Å². The van der Waals surface area contributed by atoms with Gasteiger partial charge in [-0.15, -0.1) is 0 Å². The average molecular weight is 345 g/mol. The molecule has 136 valence electrons. The molecule has 0 radical (unpaired) electrons. The molecular formula is C19H27N3O3. The maximum absolute atomic E-state index is 12.1. The van der Waals surface area contributed by atoms with Gasteiger partial charge in [0.25, 0.3) is 0 Å². The number of piperazine rings is 1. The molecule has 1 aromatic rings. The third-order valence-corrected chi connectivity index (χ3v) is 4.93. The van der Waals surface area contributed by atoms with Crippen LogP contribution in [-0.2, 0) is 9.53 Å². The standard InChI is InChI=1S/C19H27N3O3/c1-15(23)16-4-6-17(7-5-16)22-10-8-21(9-11-22)14-19(24)20-13-18-3-2-12-25-18/h4-7,18H,2-3,8-14H2,1H3,(H,20,24)/t18-/m1/s1. The Morgan fingerprint density at radius 2 is 1.88 bits per heavy atom. The Hall–Kier alpha value is -1.92. The van der Waals surface area contributed by atoms with E-state index in [2.05, 4.69) is 15.1 Å². The molecule has 0 spiro atoms. The van der Waals surface area contributed by atoms with Gasteiger partial charge < -0.3 is 15.0 Å². The zero-order valence-corrected chi connectivity index (χ0v) is 14.9. The zero-order chi connectivity index (χ0) is 17.6. The van der Waals surface area contributed by atoms with Crippen LogP contribution in [0.5, 0.6) is 0 Å². The van der Waals surface area contributed by atoms with E-state index in [0.29, 0.717) is 13.1 Å². The number of carbonyl (C=O) groups is 2. The van der Waals surface area contributed by atoms with Crippen LogP contribution < -0.4 is 10.2 Å². The van der Waals surface area contributed by atoms with Gasteiger partial charge in [-0.1, -0.05) is 0 Å². The van der Waals surface area contributed by atoms with Gasteiger partial charge in [0.1, 0.15) is 0 Å². The normalized spacial score (nSPS) is 21.3. The van der Waals surface area contributed by atoms with E-state index < -0.39 is 0 Å². The van der Waals surface area contributed by atoms with Crippen molar-refractivity contribution in [2.45, 2.75) is 25.9 Å². The van der Waals surface area contributed by atoms with Crippen LogP contribution in [0, 0.1) is 0 Å². The van der Waals surface area contributed by atoms with Gasteiger partial charge in [0.15, 0.2) is 5.78 Å². The first kappa shape index (κ1) is 17.9. The van der Waals surface area contributed by atoms with Crippen LogP contribution in [0.2, 0.25) is 0 Å². The Balaban J connectivity index is 1.40. The van der Waals surface area contributed by atoms with Crippen LogP contribution in [0.1, 0.15) is 30.1 Å². The molecule has 25 heavy (non-hydrogen) atoms. The summed E-state index contributed by atoms with van der Waals surface area (Å²) >= 11 is 0. The summed E-state index contributed by atoms with van der Waals surface area (Å²) in [6.45, 7) is 6.97. The van der Waals surface area contributed by atoms with Crippen molar-refractivity contribution in [3.8, 4) is 0 Å². The van der Waals surface area contributed by atoms with Gasteiger partial charge in [0, 0.05) is 50.6 Å². The van der Waals surface area contributed by atoms with Crippen molar-refractivity contribution in [1.82, 2.24) is 10.2 Å². The zero-order valence-electron chi connectivity index (χ0n) is 14.9. The fraction of sp³-hybridized carbons (Fsp3) is 0.579. The minimum atomic E-state index is 0.0785. The van der Waals surface area contributed by atoms with E-state index in [0.717, 1.165) is 56.9 Å². The molecule has 2 fully saturated rings. The molecule has 1 amide bonds. The van der Waals surface area contributed by atoms with E-state index >= 15 is 0 Å². The average Bonchev–Trinajstić information content (AvgIpc) is 3.14. The van der Waals surface area contributed by atoms with Gasteiger partial charge in [-0.2, -0.15) is 0 Å². The van der Waals surface area contributed by atoms with Gasteiger partial charge in [0.05, 0.1) is 12.6 Å². The fourth-order valence-corrected chi connectivity index (χ4v) is 3.36. The van der Waals surface area contributed by atoms with Crippen molar-refractivity contribution in [3.63, 3.8) is 0 Å². The van der Waals surface area contributed by atoms with Crippen LogP contribution in [-0.4, -0.2) is 68.6 Å². The molecule has 0 unspecified atom stereocenters. The second-order valence-electron chi connectivity index (χ2n) is 6.81. The number of nitrogens with one attached hydrogen (secondary N) is 1. The van der Waals surface area contributed by atoms with E-state index in [1.54, 1.807) is 6.92 Å². The summed E-state index contributed by atoms with van der Waals surface area (Å²) in [5, 5.41) is 2.98. The van der Waals surface area contributed by atoms with Crippen LogP contribution in [0.15, 0.2) is 24.3 Å². The molecule has 1 N–H and O–H groups in total. The molecule has 6 nitrogen and oxygen atoms in total. The molecule has 2 heterocycles. The monoisotopic (exact) mass is 345 g/mol. The number of Topliss-reactive ketones (excluding diaryl/α,β-unsaturated/α-hetero) is 1. The number of ether oxygens (including phenoxy) is 1. The van der Waals surface area contributed by atoms with Crippen LogP contribution >= 0.6 is 0 Å². The molecule has 1 aromatic carbocycles. The van der Waals surface area contributed by atoms with Crippen molar-refractivity contribution in [1.29, 1.82) is 0 Å². The fourth-order valence-electron chi connectivity index (χ4n) is 3.36. The van der Waals surface area contributed by atoms with Gasteiger partial charge >= 0.3 is 0 Å². The Kier molecular flexibility index (Phi) is 6.04. The molecule has 0 aromatic heterocycles. The highest BCUT2D eigenvalue weighted by Gasteiger charge is 2.21. The van der Waals surface area contributed by atoms with Gasteiger partial charge in [-0.05, 0) is 44.0 Å². The minimum Gasteiger partial charge on any atom is -0.376 e. The molecule has 2 saturated heterocycles. The summed E-state index contributed by atoms with van der Waals surface area (Å²) in [6, 6.07) is 7.76. The predicted molar refractivity (Wildman–Crippen MR) is 97.1 cm³/mol. The summed E-state index contributed by atoms with van der Waals surface area (Å²) in [6.07, 6.45) is 2.33. The first-order valence-electron chi connectivity index (χ1n) is 9.08. The van der Waals surface area contributed by atoms with Crippen molar-refractivity contribution < 1.29 is 14.3 Å². The van der Waals surface area contributed by atoms with E-state index in [-0.39, 0.29) is 17.8 Å². The maximum atomic E-state index is 12.1. The molecule has 0 saturated carbocycles. The lowest BCUT2D eigenvalue weighted by Gasteiger charge is -2.35. The van der Waals surface area contributed by atoms with E-state index in [9.17, 15) is 9.59 Å². The van der Waals surface area contributed by atoms with Crippen molar-refractivity contribution in [2.75, 3.05) is 50.8 Å². The number of hydrogen-bond acceptors (Lipinski definition) is 5. The van der Waals surface area contributed by atoms with E-state index in [1.165, 1.54) is 0 Å². The lowest BCUT2D eigenvalue weighted by Crippen LogP contribution is -2.50. The van der Waals surface area contributed by atoms with Crippen molar-refractivity contribution in [3.05, 3.63) is 29.8 Å². The lowest BCUT2D eigenvalue weighted by molar-refractivity contribution is -0.122. The highest BCUT2D eigenvalue weighted by atomic mass is 16.5. The first-order chi connectivity index (χ1) is 12.1. The number of benzene rings is 1. The summed E-state index contributed by atoms with van der Waals surface area (Å²) < 4.78 is 5.52. The van der Waals surface area contributed by atoms with E-state index in [4.69, 9.17) is 4.74 Å². The highest BCUT2D eigenvalue weighted by molar-refractivity contribution is 5.94. The molecule has 0 aliphatic carbocycles. The number of carbonyl (C=O) groups excluding carboxylic acids is 2. The Labute approximate surface area is 149 Å². The van der Waals surface area contributed by atoms with Crippen molar-refractivity contribution in [2.24, 2.45) is 0 Å². The van der Waals surface area contributed by atoms with Gasteiger partial charge in [-0.3, -0.25) is 14.5 Å². The Morgan fingerprint density at radius 1 is 1.16 bits per heavy atom. The third-order valence-electron chi connectivity index (χ3n) is 4.93. The number of hydrogen-bond donors (Lipinski definition) is 1. The number of ketones is 1. The molecular weight excluding hydrogens is 318 g/mol. The molecule has 6 heteroatoms. The van der Waals surface area contributed by atoms with E-state index in [1.807, 2.05) is 24.3 Å². The SMILES string of the molecule is CC(=O)c1ccc(N2CCN(CC(=O)NC[C@H]3CCCO3)CC2)cc1. The highest BCUT2D eigenvalue weighted by Crippen LogP contribution is 2.17. The predicted octanol–water partition coefficient (Wildman–Crippen LogP) is 1.31. The van der Waals surface area contributed by atoms with Gasteiger partial charge in [0.2, 0.25) is 5.91 Å². The minimum absolute atomic E-state index is 0.0785. The molecule has 2 aliphatic heterocycles.